The summed E-state index contributed by atoms with van der Waals surface area (Å²) in [4.78, 5) is 14.6. The van der Waals surface area contributed by atoms with Crippen LogP contribution in [0.15, 0.2) is 49.1 Å². The highest BCUT2D eigenvalue weighted by molar-refractivity contribution is 5.95. The normalized spacial score (nSPS) is 15.8. The fourth-order valence-corrected chi connectivity index (χ4v) is 4.00. The van der Waals surface area contributed by atoms with Crippen LogP contribution in [0.25, 0.3) is 33.4 Å². The number of nitrogens with one attached hydrogen (secondary N) is 1. The zero-order chi connectivity index (χ0) is 19.8. The molecule has 0 radical (unpaired) electrons. The summed E-state index contributed by atoms with van der Waals surface area (Å²) in [5, 5.41) is 5.92. The van der Waals surface area contributed by atoms with Gasteiger partial charge in [0.1, 0.15) is 5.65 Å². The molecule has 5 heterocycles. The number of ether oxygens (including phenoxy) is 1. The molecular weight excluding hydrogens is 364 g/mol. The third kappa shape index (κ3) is 3.38. The van der Waals surface area contributed by atoms with Crippen LogP contribution in [0.3, 0.4) is 0 Å². The fraction of sp³-hybridized carbons (Fsp3) is 0.318. The number of piperidine rings is 1. The van der Waals surface area contributed by atoms with Crippen molar-refractivity contribution in [1.29, 1.82) is 0 Å². The number of hydrogen-bond acceptors (Lipinski definition) is 5. The van der Waals surface area contributed by atoms with Gasteiger partial charge in [0.15, 0.2) is 0 Å². The summed E-state index contributed by atoms with van der Waals surface area (Å²) in [6, 6.07) is 8.59. The number of hydrogen-bond donors (Lipinski definition) is 1. The van der Waals surface area contributed by atoms with Crippen molar-refractivity contribution in [2.45, 2.75) is 18.9 Å². The van der Waals surface area contributed by atoms with Gasteiger partial charge < -0.3 is 14.6 Å². The topological polar surface area (TPSA) is 71.9 Å². The SMILES string of the molecule is COc1ccc(-c2c[nH]c3ncc(-c4ccn(C5CCN(C)CC5)n4)cc23)cn1. The summed E-state index contributed by atoms with van der Waals surface area (Å²) in [7, 11) is 3.80. The maximum absolute atomic E-state index is 5.16. The van der Waals surface area contributed by atoms with Gasteiger partial charge in [-0.2, -0.15) is 5.10 Å². The predicted octanol–water partition coefficient (Wildman–Crippen LogP) is 3.76. The predicted molar refractivity (Wildman–Crippen MR) is 113 cm³/mol. The van der Waals surface area contributed by atoms with Crippen molar-refractivity contribution in [2.75, 3.05) is 27.2 Å². The number of nitrogens with zero attached hydrogens (tertiary/aromatic N) is 5. The molecule has 1 N–H and O–H groups in total. The smallest absolute Gasteiger partial charge is 0.212 e. The first-order valence-corrected chi connectivity index (χ1v) is 9.93. The first-order valence-electron chi connectivity index (χ1n) is 9.93. The molecule has 0 atom stereocenters. The molecule has 0 unspecified atom stereocenters. The molecular formula is C22H24N6O. The molecule has 0 aromatic carbocycles. The van der Waals surface area contributed by atoms with Crippen LogP contribution in [0.1, 0.15) is 18.9 Å². The van der Waals surface area contributed by atoms with Crippen LogP contribution in [-0.4, -0.2) is 56.9 Å². The molecule has 1 fully saturated rings. The van der Waals surface area contributed by atoms with Crippen molar-refractivity contribution in [3.63, 3.8) is 0 Å². The highest BCUT2D eigenvalue weighted by atomic mass is 16.5. The van der Waals surface area contributed by atoms with E-state index in [2.05, 4.69) is 49.9 Å². The van der Waals surface area contributed by atoms with Crippen molar-refractivity contribution >= 4 is 11.0 Å². The van der Waals surface area contributed by atoms with Crippen molar-refractivity contribution < 1.29 is 4.74 Å². The van der Waals surface area contributed by atoms with Gasteiger partial charge in [0.25, 0.3) is 0 Å². The molecule has 5 rings (SSSR count). The summed E-state index contributed by atoms with van der Waals surface area (Å²) in [6.45, 7) is 2.24. The Balaban J connectivity index is 1.47. The lowest BCUT2D eigenvalue weighted by atomic mass is 10.1. The number of H-pyrrole nitrogens is 1. The molecule has 1 saturated heterocycles. The lowest BCUT2D eigenvalue weighted by Gasteiger charge is -2.29. The summed E-state index contributed by atoms with van der Waals surface area (Å²) in [6.07, 6.45) is 10.1. The molecule has 0 spiro atoms. The number of methoxy groups -OCH3 is 1. The van der Waals surface area contributed by atoms with Crippen LogP contribution in [-0.2, 0) is 0 Å². The van der Waals surface area contributed by atoms with Crippen LogP contribution in [0.2, 0.25) is 0 Å². The second kappa shape index (κ2) is 7.33. The third-order valence-electron chi connectivity index (χ3n) is 5.75. The maximum Gasteiger partial charge on any atom is 0.212 e. The minimum Gasteiger partial charge on any atom is -0.481 e. The maximum atomic E-state index is 5.16. The Kier molecular flexibility index (Phi) is 4.52. The number of likely N-dealkylation sites (tertiary alicyclic amines) is 1. The van der Waals surface area contributed by atoms with Crippen molar-refractivity contribution in [3.8, 4) is 28.3 Å². The van der Waals surface area contributed by atoms with E-state index in [-0.39, 0.29) is 0 Å². The molecule has 4 aromatic rings. The Hall–Kier alpha value is -3.19. The highest BCUT2D eigenvalue weighted by Gasteiger charge is 2.19. The molecule has 148 valence electrons. The van der Waals surface area contributed by atoms with E-state index in [9.17, 15) is 0 Å². The molecule has 7 nitrogen and oxygen atoms in total. The minimum atomic E-state index is 0.477. The van der Waals surface area contributed by atoms with Crippen LogP contribution >= 0.6 is 0 Å². The molecule has 7 heteroatoms. The molecule has 1 aliphatic rings. The summed E-state index contributed by atoms with van der Waals surface area (Å²) in [5.41, 5.74) is 4.92. The summed E-state index contributed by atoms with van der Waals surface area (Å²) >= 11 is 0. The van der Waals surface area contributed by atoms with E-state index in [1.54, 1.807) is 7.11 Å². The van der Waals surface area contributed by atoms with Gasteiger partial charge in [0, 0.05) is 52.9 Å². The van der Waals surface area contributed by atoms with Gasteiger partial charge in [-0.3, -0.25) is 4.68 Å². The van der Waals surface area contributed by atoms with E-state index >= 15 is 0 Å². The molecule has 29 heavy (non-hydrogen) atoms. The Morgan fingerprint density at radius 2 is 1.90 bits per heavy atom. The fourth-order valence-electron chi connectivity index (χ4n) is 4.00. The summed E-state index contributed by atoms with van der Waals surface area (Å²) < 4.78 is 7.29. The van der Waals surface area contributed by atoms with Gasteiger partial charge in [-0.1, -0.05) is 0 Å². The lowest BCUT2D eigenvalue weighted by Crippen LogP contribution is -2.31. The van der Waals surface area contributed by atoms with Gasteiger partial charge in [-0.25, -0.2) is 9.97 Å². The number of pyridine rings is 2. The van der Waals surface area contributed by atoms with E-state index in [1.807, 2.05) is 30.7 Å². The first kappa shape index (κ1) is 17.9. The quantitative estimate of drug-likeness (QED) is 0.576. The van der Waals surface area contributed by atoms with Crippen molar-refractivity contribution in [1.82, 2.24) is 29.6 Å². The Bertz CT molecular complexity index is 1120. The molecule has 0 saturated carbocycles. The first-order chi connectivity index (χ1) is 14.2. The number of aromatic nitrogens is 5. The van der Waals surface area contributed by atoms with Crippen LogP contribution in [0, 0.1) is 0 Å². The number of fused-ring (bicyclic) bond motifs is 1. The van der Waals surface area contributed by atoms with E-state index in [0.29, 0.717) is 11.9 Å². The van der Waals surface area contributed by atoms with Gasteiger partial charge in [-0.15, -0.1) is 0 Å². The molecule has 0 aliphatic carbocycles. The van der Waals surface area contributed by atoms with Gasteiger partial charge in [-0.05, 0) is 51.2 Å². The second-order valence-corrected chi connectivity index (χ2v) is 7.63. The van der Waals surface area contributed by atoms with Crippen molar-refractivity contribution in [3.05, 3.63) is 49.1 Å². The Morgan fingerprint density at radius 3 is 2.66 bits per heavy atom. The molecule has 0 bridgehead atoms. The summed E-state index contributed by atoms with van der Waals surface area (Å²) in [5.74, 6) is 0.604. The zero-order valence-corrected chi connectivity index (χ0v) is 16.7. The van der Waals surface area contributed by atoms with Crippen LogP contribution in [0.4, 0.5) is 0 Å². The largest absolute Gasteiger partial charge is 0.481 e. The van der Waals surface area contributed by atoms with E-state index in [4.69, 9.17) is 9.84 Å². The van der Waals surface area contributed by atoms with E-state index in [1.165, 1.54) is 0 Å². The van der Waals surface area contributed by atoms with E-state index < -0.39 is 0 Å². The van der Waals surface area contributed by atoms with Crippen molar-refractivity contribution in [2.24, 2.45) is 0 Å². The van der Waals surface area contributed by atoms with Crippen LogP contribution in [0.5, 0.6) is 5.88 Å². The second-order valence-electron chi connectivity index (χ2n) is 7.63. The van der Waals surface area contributed by atoms with Crippen LogP contribution < -0.4 is 4.74 Å². The molecule has 1 aliphatic heterocycles. The lowest BCUT2D eigenvalue weighted by molar-refractivity contribution is 0.212. The monoisotopic (exact) mass is 388 g/mol. The highest BCUT2D eigenvalue weighted by Crippen LogP contribution is 2.31. The molecule has 4 aromatic heterocycles. The average Bonchev–Trinajstić information content (AvgIpc) is 3.41. The standard InChI is InChI=1S/C22H24N6O/c1-27-8-5-17(6-9-27)28-10-7-20(26-28)16-11-18-19(14-25-22(18)24-13-16)15-3-4-21(29-2)23-12-15/h3-4,7,10-14,17H,5-6,8-9H2,1-2H3,(H,24,25). The number of rotatable bonds is 4. The molecule has 0 amide bonds. The van der Waals surface area contributed by atoms with E-state index in [0.717, 1.165) is 59.3 Å². The van der Waals surface area contributed by atoms with Gasteiger partial charge in [0.05, 0.1) is 18.8 Å². The third-order valence-corrected chi connectivity index (χ3v) is 5.75. The number of aromatic amines is 1. The minimum absolute atomic E-state index is 0.477. The van der Waals surface area contributed by atoms with Gasteiger partial charge in [0.2, 0.25) is 5.88 Å². The Morgan fingerprint density at radius 1 is 1.07 bits per heavy atom. The zero-order valence-electron chi connectivity index (χ0n) is 16.7. The Labute approximate surface area is 169 Å². The van der Waals surface area contributed by atoms with Gasteiger partial charge >= 0.3 is 0 Å². The average molecular weight is 388 g/mol.